The van der Waals surface area contributed by atoms with Gasteiger partial charge in [-0.3, -0.25) is 4.79 Å². The number of nitrogens with zero attached hydrogens (tertiary/aromatic N) is 2. The summed E-state index contributed by atoms with van der Waals surface area (Å²) < 4.78 is 26.7. The predicted molar refractivity (Wildman–Crippen MR) is 107 cm³/mol. The Kier molecular flexibility index (Phi) is 6.26. The smallest absolute Gasteiger partial charge is 0.243 e. The van der Waals surface area contributed by atoms with Crippen molar-refractivity contribution in [2.24, 2.45) is 0 Å². The fourth-order valence-electron chi connectivity index (χ4n) is 2.81. The minimum Gasteiger partial charge on any atom is -0.376 e. The van der Waals surface area contributed by atoms with Crippen molar-refractivity contribution < 1.29 is 13.2 Å². The normalized spacial score (nSPS) is 15.6. The van der Waals surface area contributed by atoms with Crippen LogP contribution in [-0.2, 0) is 14.8 Å². The molecule has 0 unspecified atom stereocenters. The number of hydrogen-bond donors (Lipinski definition) is 1. The Labute approximate surface area is 168 Å². The summed E-state index contributed by atoms with van der Waals surface area (Å²) in [5, 5.41) is 3.87. The Morgan fingerprint density at radius 3 is 2.26 bits per heavy atom. The van der Waals surface area contributed by atoms with Crippen molar-refractivity contribution in [3.63, 3.8) is 0 Å². The molecule has 9 heteroatoms. The molecule has 1 aliphatic rings. The number of benzene rings is 2. The van der Waals surface area contributed by atoms with E-state index < -0.39 is 10.0 Å². The highest BCUT2D eigenvalue weighted by Crippen LogP contribution is 2.25. The van der Waals surface area contributed by atoms with Gasteiger partial charge in [-0.25, -0.2) is 8.42 Å². The lowest BCUT2D eigenvalue weighted by Gasteiger charge is -2.34. The van der Waals surface area contributed by atoms with Crippen molar-refractivity contribution >= 4 is 44.8 Å². The van der Waals surface area contributed by atoms with Crippen molar-refractivity contribution in [3.8, 4) is 0 Å². The number of nitrogens with one attached hydrogen (secondary N) is 1. The van der Waals surface area contributed by atoms with Crippen molar-refractivity contribution in [1.82, 2.24) is 9.21 Å². The Morgan fingerprint density at radius 2 is 1.63 bits per heavy atom. The van der Waals surface area contributed by atoms with Gasteiger partial charge in [0.05, 0.1) is 21.5 Å². The largest absolute Gasteiger partial charge is 0.376 e. The summed E-state index contributed by atoms with van der Waals surface area (Å²) in [7, 11) is -3.52. The molecule has 27 heavy (non-hydrogen) atoms. The number of piperazine rings is 1. The van der Waals surface area contributed by atoms with Gasteiger partial charge >= 0.3 is 0 Å². The van der Waals surface area contributed by atoms with Gasteiger partial charge in [-0.15, -0.1) is 0 Å². The second kappa shape index (κ2) is 8.48. The molecule has 1 aliphatic heterocycles. The molecule has 144 valence electrons. The third-order valence-corrected chi connectivity index (χ3v) is 6.99. The quantitative estimate of drug-likeness (QED) is 0.795. The van der Waals surface area contributed by atoms with Crippen LogP contribution in [0.4, 0.5) is 5.69 Å². The maximum absolute atomic E-state index is 12.6. The van der Waals surface area contributed by atoms with Gasteiger partial charge < -0.3 is 10.2 Å². The first-order chi connectivity index (χ1) is 12.9. The molecule has 0 bridgehead atoms. The zero-order valence-corrected chi connectivity index (χ0v) is 16.8. The maximum atomic E-state index is 12.6. The fourth-order valence-corrected chi connectivity index (χ4v) is 4.56. The molecule has 1 amide bonds. The van der Waals surface area contributed by atoms with Crippen LogP contribution in [0.15, 0.2) is 53.4 Å². The third-order valence-electron chi connectivity index (χ3n) is 4.34. The number of amides is 1. The molecule has 1 N–H and O–H groups in total. The molecule has 6 nitrogen and oxygen atoms in total. The third kappa shape index (κ3) is 4.73. The first kappa shape index (κ1) is 19.9. The van der Waals surface area contributed by atoms with Crippen LogP contribution in [0, 0.1) is 0 Å². The minimum atomic E-state index is -3.52. The zero-order chi connectivity index (χ0) is 19.4. The van der Waals surface area contributed by atoms with Gasteiger partial charge in [0, 0.05) is 31.9 Å². The Hall–Kier alpha value is -1.80. The van der Waals surface area contributed by atoms with Gasteiger partial charge in [-0.05, 0) is 30.3 Å². The average Bonchev–Trinajstić information content (AvgIpc) is 2.69. The van der Waals surface area contributed by atoms with E-state index in [0.29, 0.717) is 28.8 Å². The van der Waals surface area contributed by atoms with Crippen LogP contribution in [0.25, 0.3) is 0 Å². The molecule has 3 rings (SSSR count). The minimum absolute atomic E-state index is 0.0992. The molecule has 0 atom stereocenters. The van der Waals surface area contributed by atoms with E-state index in [1.807, 2.05) is 0 Å². The summed E-state index contributed by atoms with van der Waals surface area (Å²) >= 11 is 11.8. The van der Waals surface area contributed by atoms with Crippen molar-refractivity contribution in [3.05, 3.63) is 58.6 Å². The summed E-state index contributed by atoms with van der Waals surface area (Å²) in [6, 6.07) is 13.4. The molecule has 2 aromatic rings. The van der Waals surface area contributed by atoms with Crippen molar-refractivity contribution in [1.29, 1.82) is 0 Å². The highest BCUT2D eigenvalue weighted by molar-refractivity contribution is 7.89. The lowest BCUT2D eigenvalue weighted by molar-refractivity contribution is -0.130. The van der Waals surface area contributed by atoms with Crippen LogP contribution < -0.4 is 5.32 Å². The molecular formula is C18H19Cl2N3O3S. The molecule has 1 fully saturated rings. The van der Waals surface area contributed by atoms with Crippen LogP contribution in [0.2, 0.25) is 10.0 Å². The van der Waals surface area contributed by atoms with Gasteiger partial charge in [0.2, 0.25) is 15.9 Å². The second-order valence-corrected chi connectivity index (χ2v) is 8.83. The summed E-state index contributed by atoms with van der Waals surface area (Å²) in [6.07, 6.45) is 0. The molecule has 1 heterocycles. The van der Waals surface area contributed by atoms with E-state index in [1.165, 1.54) is 4.31 Å². The van der Waals surface area contributed by atoms with Crippen LogP contribution in [0.3, 0.4) is 0 Å². The van der Waals surface area contributed by atoms with Crippen LogP contribution in [0.5, 0.6) is 0 Å². The standard InChI is InChI=1S/C18H19Cl2N3O3S/c19-16-7-6-14(12-17(16)20)21-13-18(24)22-8-10-23(11-9-22)27(25,26)15-4-2-1-3-5-15/h1-7,12,21H,8-11,13H2. The van der Waals surface area contributed by atoms with E-state index in [2.05, 4.69) is 5.32 Å². The van der Waals surface area contributed by atoms with E-state index in [1.54, 1.807) is 53.4 Å². The molecule has 1 saturated heterocycles. The Morgan fingerprint density at radius 1 is 0.963 bits per heavy atom. The van der Waals surface area contributed by atoms with E-state index in [0.717, 1.165) is 0 Å². The monoisotopic (exact) mass is 427 g/mol. The fraction of sp³-hybridized carbons (Fsp3) is 0.278. The number of sulfonamides is 1. The van der Waals surface area contributed by atoms with E-state index >= 15 is 0 Å². The van der Waals surface area contributed by atoms with Crippen molar-refractivity contribution in [2.75, 3.05) is 38.0 Å². The summed E-state index contributed by atoms with van der Waals surface area (Å²) in [5.41, 5.74) is 0.697. The molecule has 0 aliphatic carbocycles. The summed E-state index contributed by atoms with van der Waals surface area (Å²) in [6.45, 7) is 1.36. The average molecular weight is 428 g/mol. The van der Waals surface area contributed by atoms with Crippen LogP contribution >= 0.6 is 23.2 Å². The van der Waals surface area contributed by atoms with Gasteiger partial charge in [-0.1, -0.05) is 41.4 Å². The number of carbonyl (C=O) groups is 1. The van der Waals surface area contributed by atoms with Crippen molar-refractivity contribution in [2.45, 2.75) is 4.90 Å². The molecule has 0 aromatic heterocycles. The van der Waals surface area contributed by atoms with E-state index in [9.17, 15) is 13.2 Å². The first-order valence-corrected chi connectivity index (χ1v) is 10.6. The lowest BCUT2D eigenvalue weighted by Crippen LogP contribution is -2.51. The number of anilines is 1. The Balaban J connectivity index is 1.54. The maximum Gasteiger partial charge on any atom is 0.243 e. The second-order valence-electron chi connectivity index (χ2n) is 6.08. The first-order valence-electron chi connectivity index (χ1n) is 8.40. The topological polar surface area (TPSA) is 69.7 Å². The summed E-state index contributed by atoms with van der Waals surface area (Å²) in [5.74, 6) is -0.0992. The van der Waals surface area contributed by atoms with E-state index in [-0.39, 0.29) is 30.4 Å². The zero-order valence-electron chi connectivity index (χ0n) is 14.4. The van der Waals surface area contributed by atoms with Gasteiger partial charge in [-0.2, -0.15) is 4.31 Å². The predicted octanol–water partition coefficient (Wildman–Crippen LogP) is 2.94. The van der Waals surface area contributed by atoms with Gasteiger partial charge in [0.1, 0.15) is 0 Å². The molecule has 2 aromatic carbocycles. The van der Waals surface area contributed by atoms with Gasteiger partial charge in [0.15, 0.2) is 0 Å². The van der Waals surface area contributed by atoms with E-state index in [4.69, 9.17) is 23.2 Å². The molecular weight excluding hydrogens is 409 g/mol. The highest BCUT2D eigenvalue weighted by Gasteiger charge is 2.29. The number of rotatable bonds is 5. The van der Waals surface area contributed by atoms with Gasteiger partial charge in [0.25, 0.3) is 0 Å². The van der Waals surface area contributed by atoms with Crippen LogP contribution in [0.1, 0.15) is 0 Å². The van der Waals surface area contributed by atoms with Crippen LogP contribution in [-0.4, -0.2) is 56.3 Å². The number of halogens is 2. The molecule has 0 spiro atoms. The Bertz CT molecular complexity index is 915. The number of hydrogen-bond acceptors (Lipinski definition) is 4. The lowest BCUT2D eigenvalue weighted by atomic mass is 10.3. The SMILES string of the molecule is O=C(CNc1ccc(Cl)c(Cl)c1)N1CCN(S(=O)(=O)c2ccccc2)CC1. The molecule has 0 radical (unpaired) electrons. The highest BCUT2D eigenvalue weighted by atomic mass is 35.5. The summed E-state index contributed by atoms with van der Waals surface area (Å²) in [4.78, 5) is 14.3. The molecule has 0 saturated carbocycles. The number of carbonyl (C=O) groups excluding carboxylic acids is 1.